The first-order chi connectivity index (χ1) is 16.8. The van der Waals surface area contributed by atoms with Crippen molar-refractivity contribution >= 4 is 39.9 Å². The van der Waals surface area contributed by atoms with Crippen molar-refractivity contribution in [2.24, 2.45) is 0 Å². The highest BCUT2D eigenvalue weighted by Gasteiger charge is 2.15. The number of aromatic nitrogens is 5. The maximum absolute atomic E-state index is 12.1. The maximum atomic E-state index is 12.1. The van der Waals surface area contributed by atoms with Gasteiger partial charge in [-0.3, -0.25) is 14.8 Å². The summed E-state index contributed by atoms with van der Waals surface area (Å²) in [5.74, 6) is 0.324. The Balaban J connectivity index is 1.50. The summed E-state index contributed by atoms with van der Waals surface area (Å²) in [7, 11) is 0. The van der Waals surface area contributed by atoms with E-state index in [1.165, 1.54) is 12.1 Å². The molecule has 174 valence electrons. The van der Waals surface area contributed by atoms with Gasteiger partial charge in [-0.1, -0.05) is 23.2 Å². The summed E-state index contributed by atoms with van der Waals surface area (Å²) in [6.45, 7) is 1.99. The van der Waals surface area contributed by atoms with Crippen LogP contribution in [0.3, 0.4) is 0 Å². The number of halogens is 2. The molecule has 0 spiro atoms. The number of rotatable bonds is 4. The van der Waals surface area contributed by atoms with Crippen LogP contribution in [0.2, 0.25) is 10.0 Å². The fourth-order valence-electron chi connectivity index (χ4n) is 3.58. The molecule has 0 saturated carbocycles. The molecule has 11 heteroatoms. The molecular weight excluding hydrogens is 491 g/mol. The van der Waals surface area contributed by atoms with Crippen molar-refractivity contribution < 1.29 is 4.74 Å². The highest BCUT2D eigenvalue weighted by atomic mass is 35.5. The molecule has 0 radical (unpaired) electrons. The number of nitrogens with two attached hydrogens (primary N) is 1. The van der Waals surface area contributed by atoms with Crippen LogP contribution in [-0.4, -0.2) is 24.7 Å². The molecule has 0 amide bonds. The zero-order valence-electron chi connectivity index (χ0n) is 18.1. The molecule has 0 aliphatic rings. The van der Waals surface area contributed by atoms with E-state index in [0.717, 1.165) is 32.4 Å². The van der Waals surface area contributed by atoms with E-state index in [4.69, 9.17) is 38.7 Å². The fraction of sp³-hybridized carbons (Fsp3) is 0.0417. The molecule has 0 fully saturated rings. The number of benzene rings is 2. The van der Waals surface area contributed by atoms with Gasteiger partial charge in [-0.05, 0) is 61.0 Å². The number of hydrogen-bond acceptors (Lipinski definition) is 7. The minimum absolute atomic E-state index is 0.133. The summed E-state index contributed by atoms with van der Waals surface area (Å²) in [6, 6.07) is 14.1. The minimum atomic E-state index is -0.784. The normalized spacial score (nSPS) is 11.1. The van der Waals surface area contributed by atoms with Crippen LogP contribution < -0.4 is 21.7 Å². The Hall–Kier alpha value is -4.21. The molecule has 0 unspecified atom stereocenters. The maximum Gasteiger partial charge on any atom is 0.349 e. The molecular formula is C24H16Cl2N6O3. The third kappa shape index (κ3) is 4.34. The summed E-state index contributed by atoms with van der Waals surface area (Å²) in [5, 5.41) is 4.95. The van der Waals surface area contributed by atoms with E-state index in [1.54, 1.807) is 18.5 Å². The number of pyridine rings is 2. The highest BCUT2D eigenvalue weighted by Crippen LogP contribution is 2.39. The molecule has 2 aromatic carbocycles. The van der Waals surface area contributed by atoms with Crippen molar-refractivity contribution in [1.29, 1.82) is 0 Å². The number of hydrogen-bond donors (Lipinski definition) is 2. The first-order valence-corrected chi connectivity index (χ1v) is 11.0. The Morgan fingerprint density at radius 1 is 1.00 bits per heavy atom. The topological polar surface area (TPSA) is 129 Å². The van der Waals surface area contributed by atoms with Crippen molar-refractivity contribution in [2.75, 3.05) is 5.73 Å². The number of H-pyrrole nitrogens is 1. The van der Waals surface area contributed by atoms with E-state index in [2.05, 4.69) is 15.1 Å². The lowest BCUT2D eigenvalue weighted by Gasteiger charge is -2.13. The van der Waals surface area contributed by atoms with Gasteiger partial charge in [0.1, 0.15) is 5.75 Å². The average molecular weight is 507 g/mol. The summed E-state index contributed by atoms with van der Waals surface area (Å²) >= 11 is 12.8. The van der Waals surface area contributed by atoms with Crippen LogP contribution in [0.5, 0.6) is 11.5 Å². The monoisotopic (exact) mass is 506 g/mol. The smallest absolute Gasteiger partial charge is 0.349 e. The summed E-state index contributed by atoms with van der Waals surface area (Å²) < 4.78 is 6.88. The lowest BCUT2D eigenvalue weighted by atomic mass is 10.1. The van der Waals surface area contributed by atoms with Gasteiger partial charge in [0.2, 0.25) is 5.82 Å². The van der Waals surface area contributed by atoms with E-state index in [9.17, 15) is 9.59 Å². The molecule has 0 atom stereocenters. The molecule has 3 heterocycles. The Morgan fingerprint density at radius 3 is 2.43 bits per heavy atom. The minimum Gasteiger partial charge on any atom is -0.454 e. The van der Waals surface area contributed by atoms with Crippen molar-refractivity contribution in [3.8, 4) is 28.4 Å². The number of aromatic amines is 1. The number of anilines is 1. The molecule has 0 aliphatic carbocycles. The van der Waals surface area contributed by atoms with Crippen LogP contribution in [0.1, 0.15) is 5.56 Å². The Morgan fingerprint density at radius 2 is 1.71 bits per heavy atom. The van der Waals surface area contributed by atoms with Gasteiger partial charge in [0.15, 0.2) is 5.75 Å². The number of nitrogens with zero attached hydrogens (tertiary/aromatic N) is 4. The molecule has 35 heavy (non-hydrogen) atoms. The summed E-state index contributed by atoms with van der Waals surface area (Å²) in [4.78, 5) is 34.5. The molecule has 9 nitrogen and oxygen atoms in total. The number of nitrogens with one attached hydrogen (secondary N) is 1. The Kier molecular flexibility index (Phi) is 5.72. The number of nitrogen functional groups attached to an aromatic ring is 1. The first kappa shape index (κ1) is 22.6. The second-order valence-electron chi connectivity index (χ2n) is 7.64. The number of ether oxygens (including phenoxy) is 1. The third-order valence-electron chi connectivity index (χ3n) is 5.26. The van der Waals surface area contributed by atoms with Gasteiger partial charge < -0.3 is 10.5 Å². The SMILES string of the molecule is Cc1cc(-c2ccncc2)nc2ccc(Oc3c(Cl)cc(-n4nc(N)c(=O)[nH]c4=O)cc3Cl)cc12. The van der Waals surface area contributed by atoms with Crippen LogP contribution in [0.15, 0.2) is 70.5 Å². The molecule has 0 bridgehead atoms. The largest absolute Gasteiger partial charge is 0.454 e. The Labute approximate surface area is 207 Å². The lowest BCUT2D eigenvalue weighted by Crippen LogP contribution is -2.33. The average Bonchev–Trinajstić information content (AvgIpc) is 2.84. The van der Waals surface area contributed by atoms with Gasteiger partial charge in [-0.2, -0.15) is 4.68 Å². The molecule has 5 rings (SSSR count). The standard InChI is InChI=1S/C24H16Cl2N6O3/c1-12-8-20(13-4-6-28-7-5-13)29-19-3-2-15(11-16(12)19)35-21-17(25)9-14(10-18(21)26)32-24(34)30-23(33)22(27)31-32/h2-11H,1H3,(H2,27,31)(H,30,33,34). The van der Waals surface area contributed by atoms with Gasteiger partial charge in [0, 0.05) is 23.3 Å². The van der Waals surface area contributed by atoms with E-state index in [-0.39, 0.29) is 27.3 Å². The molecule has 0 saturated heterocycles. The zero-order valence-corrected chi connectivity index (χ0v) is 19.6. The predicted molar refractivity (Wildman–Crippen MR) is 135 cm³/mol. The zero-order chi connectivity index (χ0) is 24.7. The summed E-state index contributed by atoms with van der Waals surface area (Å²) in [5.41, 5.74) is 7.81. The van der Waals surface area contributed by atoms with Crippen LogP contribution in [0, 0.1) is 6.92 Å². The van der Waals surface area contributed by atoms with E-state index >= 15 is 0 Å². The molecule has 3 N–H and O–H groups in total. The second-order valence-corrected chi connectivity index (χ2v) is 8.45. The van der Waals surface area contributed by atoms with E-state index < -0.39 is 11.2 Å². The van der Waals surface area contributed by atoms with Gasteiger partial charge in [-0.15, -0.1) is 5.10 Å². The van der Waals surface area contributed by atoms with Crippen LogP contribution in [0.4, 0.5) is 5.82 Å². The first-order valence-electron chi connectivity index (χ1n) is 10.3. The highest BCUT2D eigenvalue weighted by molar-refractivity contribution is 6.37. The van der Waals surface area contributed by atoms with Gasteiger partial charge in [-0.25, -0.2) is 9.78 Å². The molecule has 3 aromatic heterocycles. The Bertz CT molecular complexity index is 1690. The van der Waals surface area contributed by atoms with Crippen LogP contribution >= 0.6 is 23.2 Å². The second kappa shape index (κ2) is 8.86. The lowest BCUT2D eigenvalue weighted by molar-refractivity contribution is 0.483. The number of fused-ring (bicyclic) bond motifs is 1. The quantitative estimate of drug-likeness (QED) is 0.366. The van der Waals surface area contributed by atoms with Crippen molar-refractivity contribution in [2.45, 2.75) is 6.92 Å². The fourth-order valence-corrected chi connectivity index (χ4v) is 4.13. The van der Waals surface area contributed by atoms with E-state index in [1.807, 2.05) is 37.3 Å². The summed E-state index contributed by atoms with van der Waals surface area (Å²) in [6.07, 6.45) is 3.45. The molecule has 0 aliphatic heterocycles. The predicted octanol–water partition coefficient (Wildman–Crippen LogP) is 4.52. The van der Waals surface area contributed by atoms with Gasteiger partial charge in [0.25, 0.3) is 5.56 Å². The van der Waals surface area contributed by atoms with Crippen molar-refractivity contribution in [3.63, 3.8) is 0 Å². The van der Waals surface area contributed by atoms with E-state index in [0.29, 0.717) is 5.75 Å². The third-order valence-corrected chi connectivity index (χ3v) is 5.83. The number of aryl methyl sites for hydroxylation is 1. The van der Waals surface area contributed by atoms with Crippen LogP contribution in [0.25, 0.3) is 27.8 Å². The van der Waals surface area contributed by atoms with Crippen molar-refractivity contribution in [3.05, 3.63) is 97.4 Å². The van der Waals surface area contributed by atoms with Gasteiger partial charge >= 0.3 is 5.69 Å². The van der Waals surface area contributed by atoms with Gasteiger partial charge in [0.05, 0.1) is 26.9 Å². The van der Waals surface area contributed by atoms with Crippen molar-refractivity contribution in [1.82, 2.24) is 24.7 Å². The molecule has 5 aromatic rings. The van der Waals surface area contributed by atoms with Crippen LogP contribution in [-0.2, 0) is 0 Å².